The van der Waals surface area contributed by atoms with Crippen LogP contribution in [-0.4, -0.2) is 59.6 Å². The number of ether oxygens (including phenoxy) is 2. The molecule has 0 radical (unpaired) electrons. The third-order valence-corrected chi connectivity index (χ3v) is 6.98. The van der Waals surface area contributed by atoms with E-state index >= 15 is 0 Å². The number of nitrogens with zero attached hydrogens (tertiary/aromatic N) is 3. The van der Waals surface area contributed by atoms with E-state index in [0.29, 0.717) is 55.6 Å². The minimum absolute atomic E-state index is 0.0344. The summed E-state index contributed by atoms with van der Waals surface area (Å²) in [4.78, 5) is 19.8. The molecule has 1 saturated heterocycles. The number of carbonyl (C=O) groups is 1. The number of fused-ring (bicyclic) bond motifs is 1. The van der Waals surface area contributed by atoms with Crippen LogP contribution in [0.4, 0.5) is 13.2 Å². The molecule has 0 aliphatic carbocycles. The Labute approximate surface area is 230 Å². The van der Waals surface area contributed by atoms with E-state index in [1.54, 1.807) is 35.0 Å². The van der Waals surface area contributed by atoms with Crippen LogP contribution >= 0.6 is 0 Å². The first-order chi connectivity index (χ1) is 19.4. The van der Waals surface area contributed by atoms with Crippen molar-refractivity contribution in [2.45, 2.75) is 25.1 Å². The van der Waals surface area contributed by atoms with Gasteiger partial charge in [0.25, 0.3) is 0 Å². The Morgan fingerprint density at radius 3 is 2.62 bits per heavy atom. The molecule has 210 valence electrons. The highest BCUT2D eigenvalue weighted by molar-refractivity contribution is 5.77. The second-order valence-electron chi connectivity index (χ2n) is 9.71. The average Bonchev–Trinajstić information content (AvgIpc) is 3.40. The van der Waals surface area contributed by atoms with Gasteiger partial charge in [-0.3, -0.25) is 9.69 Å². The number of aromatic nitrogens is 2. The number of nitrogens with one attached hydrogen (secondary N) is 1. The van der Waals surface area contributed by atoms with Gasteiger partial charge in [0.1, 0.15) is 6.61 Å². The van der Waals surface area contributed by atoms with Crippen LogP contribution in [0, 0.1) is 0 Å². The highest BCUT2D eigenvalue weighted by Gasteiger charge is 2.32. The monoisotopic (exact) mass is 552 g/mol. The summed E-state index contributed by atoms with van der Waals surface area (Å²) in [5.41, 5.74) is 1.74. The van der Waals surface area contributed by atoms with Gasteiger partial charge in [-0.2, -0.15) is 13.2 Å². The lowest BCUT2D eigenvalue weighted by atomic mass is 9.91. The van der Waals surface area contributed by atoms with E-state index < -0.39 is 17.7 Å². The van der Waals surface area contributed by atoms with Crippen molar-refractivity contribution >= 4 is 11.6 Å². The Balaban J connectivity index is 1.40. The summed E-state index contributed by atoms with van der Waals surface area (Å²) >= 11 is 0. The molecule has 0 spiro atoms. The standard InChI is InChI=1S/C30H31F3N4O3/c31-30(32,33)24-9-4-8-23(18-24)25(19-28(38)34-11-13-36-14-16-39-17-15-36)26-20-35-29-27(10-5-12-37(26)29)40-21-22-6-2-1-3-7-22/h1-10,12,18,20,25H,11,13-17,19,21H2,(H,34,38). The molecule has 1 N–H and O–H groups in total. The summed E-state index contributed by atoms with van der Waals surface area (Å²) in [6.45, 7) is 4.40. The lowest BCUT2D eigenvalue weighted by Crippen LogP contribution is -2.41. The number of hydrogen-bond acceptors (Lipinski definition) is 5. The lowest BCUT2D eigenvalue weighted by molar-refractivity contribution is -0.137. The van der Waals surface area contributed by atoms with E-state index in [4.69, 9.17) is 9.47 Å². The minimum Gasteiger partial charge on any atom is -0.485 e. The number of hydrogen-bond donors (Lipinski definition) is 1. The van der Waals surface area contributed by atoms with Crippen LogP contribution < -0.4 is 10.1 Å². The second kappa shape index (κ2) is 12.5. The molecule has 1 aliphatic rings. The first kappa shape index (κ1) is 27.7. The zero-order chi connectivity index (χ0) is 28.0. The molecule has 40 heavy (non-hydrogen) atoms. The average molecular weight is 553 g/mol. The predicted octanol–water partition coefficient (Wildman–Crippen LogP) is 4.90. The molecule has 1 unspecified atom stereocenters. The highest BCUT2D eigenvalue weighted by Crippen LogP contribution is 2.35. The summed E-state index contributed by atoms with van der Waals surface area (Å²) < 4.78 is 53.9. The quantitative estimate of drug-likeness (QED) is 0.303. The molecule has 1 atom stereocenters. The molecule has 4 aromatic rings. The molecule has 7 nitrogen and oxygen atoms in total. The molecule has 0 bridgehead atoms. The van der Waals surface area contributed by atoms with Crippen molar-refractivity contribution in [1.29, 1.82) is 0 Å². The number of rotatable bonds is 10. The fraction of sp³-hybridized carbons (Fsp3) is 0.333. The topological polar surface area (TPSA) is 68.1 Å². The van der Waals surface area contributed by atoms with Gasteiger partial charge >= 0.3 is 6.18 Å². The maximum absolute atomic E-state index is 13.6. The van der Waals surface area contributed by atoms with Crippen molar-refractivity contribution in [3.05, 3.63) is 102 Å². The third kappa shape index (κ3) is 6.81. The summed E-state index contributed by atoms with van der Waals surface area (Å²) in [6.07, 6.45) is -1.15. The normalized spacial score (nSPS) is 15.2. The van der Waals surface area contributed by atoms with Crippen molar-refractivity contribution in [2.24, 2.45) is 0 Å². The molecule has 1 fully saturated rings. The Bertz CT molecular complexity index is 1420. The lowest BCUT2D eigenvalue weighted by Gasteiger charge is -2.26. The number of carbonyl (C=O) groups excluding carboxylic acids is 1. The zero-order valence-electron chi connectivity index (χ0n) is 21.9. The van der Waals surface area contributed by atoms with Gasteiger partial charge in [-0.1, -0.05) is 48.5 Å². The van der Waals surface area contributed by atoms with Crippen LogP contribution in [0.25, 0.3) is 5.65 Å². The molecule has 10 heteroatoms. The van der Waals surface area contributed by atoms with Crippen molar-refractivity contribution in [2.75, 3.05) is 39.4 Å². The van der Waals surface area contributed by atoms with Crippen molar-refractivity contribution in [1.82, 2.24) is 19.6 Å². The van der Waals surface area contributed by atoms with Crippen LogP contribution in [0.1, 0.15) is 34.7 Å². The highest BCUT2D eigenvalue weighted by atomic mass is 19.4. The van der Waals surface area contributed by atoms with E-state index in [1.807, 2.05) is 30.3 Å². The van der Waals surface area contributed by atoms with Gasteiger partial charge in [-0.25, -0.2) is 4.98 Å². The molecule has 1 amide bonds. The van der Waals surface area contributed by atoms with E-state index in [-0.39, 0.29) is 12.3 Å². The molecular formula is C30H31F3N4O3. The molecule has 0 saturated carbocycles. The number of imidazole rings is 1. The van der Waals surface area contributed by atoms with Gasteiger partial charge in [0, 0.05) is 50.9 Å². The number of benzene rings is 2. The van der Waals surface area contributed by atoms with Gasteiger partial charge in [0.05, 0.1) is 24.5 Å². The summed E-state index contributed by atoms with van der Waals surface area (Å²) in [5.74, 6) is -0.373. The zero-order valence-corrected chi connectivity index (χ0v) is 21.9. The Morgan fingerprint density at radius 1 is 1.05 bits per heavy atom. The van der Waals surface area contributed by atoms with Crippen molar-refractivity contribution < 1.29 is 27.4 Å². The number of halogens is 3. The predicted molar refractivity (Wildman–Crippen MR) is 144 cm³/mol. The Hall–Kier alpha value is -3.89. The first-order valence-electron chi connectivity index (χ1n) is 13.2. The molecule has 2 aromatic carbocycles. The maximum atomic E-state index is 13.6. The van der Waals surface area contributed by atoms with E-state index in [2.05, 4.69) is 15.2 Å². The Morgan fingerprint density at radius 2 is 1.85 bits per heavy atom. The summed E-state index contributed by atoms with van der Waals surface area (Å²) in [5, 5.41) is 2.94. The van der Waals surface area contributed by atoms with E-state index in [0.717, 1.165) is 30.8 Å². The largest absolute Gasteiger partial charge is 0.485 e. The van der Waals surface area contributed by atoms with Gasteiger partial charge < -0.3 is 19.2 Å². The smallest absolute Gasteiger partial charge is 0.416 e. The SMILES string of the molecule is O=C(CC(c1cccc(C(F)(F)F)c1)c1cnc2c(OCc3ccccc3)cccn12)NCCN1CCOCC1. The first-order valence-corrected chi connectivity index (χ1v) is 13.2. The van der Waals surface area contributed by atoms with Gasteiger partial charge in [-0.05, 0) is 29.3 Å². The molecule has 2 aromatic heterocycles. The molecule has 1 aliphatic heterocycles. The fourth-order valence-corrected chi connectivity index (χ4v) is 4.87. The van der Waals surface area contributed by atoms with E-state index in [9.17, 15) is 18.0 Å². The van der Waals surface area contributed by atoms with Crippen molar-refractivity contribution in [3.63, 3.8) is 0 Å². The minimum atomic E-state index is -4.50. The van der Waals surface area contributed by atoms with Crippen LogP contribution in [0.2, 0.25) is 0 Å². The van der Waals surface area contributed by atoms with Crippen LogP contribution in [0.3, 0.4) is 0 Å². The molecular weight excluding hydrogens is 521 g/mol. The molecule has 5 rings (SSSR count). The van der Waals surface area contributed by atoms with Gasteiger partial charge in [0.15, 0.2) is 11.4 Å². The van der Waals surface area contributed by atoms with E-state index in [1.165, 1.54) is 6.07 Å². The Kier molecular flexibility index (Phi) is 8.66. The summed E-state index contributed by atoms with van der Waals surface area (Å²) in [6, 6.07) is 18.4. The number of morpholine rings is 1. The van der Waals surface area contributed by atoms with Gasteiger partial charge in [-0.15, -0.1) is 0 Å². The number of amides is 1. The number of pyridine rings is 1. The number of alkyl halides is 3. The van der Waals surface area contributed by atoms with Crippen LogP contribution in [0.5, 0.6) is 5.75 Å². The second-order valence-corrected chi connectivity index (χ2v) is 9.71. The third-order valence-electron chi connectivity index (χ3n) is 6.98. The fourth-order valence-electron chi connectivity index (χ4n) is 4.87. The maximum Gasteiger partial charge on any atom is 0.416 e. The van der Waals surface area contributed by atoms with Crippen molar-refractivity contribution in [3.8, 4) is 5.75 Å². The summed E-state index contributed by atoms with van der Waals surface area (Å²) in [7, 11) is 0. The van der Waals surface area contributed by atoms with Crippen LogP contribution in [-0.2, 0) is 22.3 Å². The van der Waals surface area contributed by atoms with Crippen LogP contribution in [0.15, 0.2) is 79.1 Å². The van der Waals surface area contributed by atoms with Gasteiger partial charge in [0.2, 0.25) is 5.91 Å². The molecule has 3 heterocycles.